The molecule has 3 aromatic rings. The van der Waals surface area contributed by atoms with Crippen molar-refractivity contribution in [3.63, 3.8) is 0 Å². The first kappa shape index (κ1) is 20.5. The number of halogens is 3. The average Bonchev–Trinajstić information content (AvgIpc) is 2.67. The van der Waals surface area contributed by atoms with Crippen LogP contribution in [-0.4, -0.2) is 0 Å². The zero-order valence-electron chi connectivity index (χ0n) is 16.6. The van der Waals surface area contributed by atoms with E-state index in [1.165, 1.54) is 12.1 Å². The summed E-state index contributed by atoms with van der Waals surface area (Å²) in [5.74, 6) is -0.491. The number of hydrogen-bond acceptors (Lipinski definition) is 0. The third kappa shape index (κ3) is 3.98. The molecule has 146 valence electrons. The summed E-state index contributed by atoms with van der Waals surface area (Å²) in [6.45, 7) is 8.04. The van der Waals surface area contributed by atoms with Crippen molar-refractivity contribution in [3.8, 4) is 0 Å². The lowest BCUT2D eigenvalue weighted by atomic mass is 9.76. The summed E-state index contributed by atoms with van der Waals surface area (Å²) < 4.78 is 28.8. The van der Waals surface area contributed by atoms with Crippen LogP contribution >= 0.6 is 11.6 Å². The predicted molar refractivity (Wildman–Crippen MR) is 113 cm³/mol. The molecule has 28 heavy (non-hydrogen) atoms. The third-order valence-corrected chi connectivity index (χ3v) is 6.25. The summed E-state index contributed by atoms with van der Waals surface area (Å²) in [5, 5.41) is 0.700. The van der Waals surface area contributed by atoms with Crippen LogP contribution in [0, 0.1) is 11.6 Å². The van der Waals surface area contributed by atoms with Gasteiger partial charge in [0.25, 0.3) is 0 Å². The topological polar surface area (TPSA) is 0 Å². The molecule has 2 atom stereocenters. The fourth-order valence-electron chi connectivity index (χ4n) is 3.71. The van der Waals surface area contributed by atoms with Gasteiger partial charge >= 0.3 is 0 Å². The lowest BCUT2D eigenvalue weighted by molar-refractivity contribution is 0.544. The highest BCUT2D eigenvalue weighted by molar-refractivity contribution is 6.31. The van der Waals surface area contributed by atoms with Crippen molar-refractivity contribution in [2.24, 2.45) is 0 Å². The minimum Gasteiger partial charge on any atom is -0.207 e. The largest absolute Gasteiger partial charge is 0.207 e. The van der Waals surface area contributed by atoms with Crippen molar-refractivity contribution < 1.29 is 8.78 Å². The first-order valence-corrected chi connectivity index (χ1v) is 9.90. The molecule has 0 nitrogen and oxygen atoms in total. The zero-order valence-corrected chi connectivity index (χ0v) is 17.4. The van der Waals surface area contributed by atoms with Crippen LogP contribution in [-0.2, 0) is 5.41 Å². The van der Waals surface area contributed by atoms with Crippen LogP contribution in [0.1, 0.15) is 61.8 Å². The first-order valence-electron chi connectivity index (χ1n) is 9.52. The predicted octanol–water partition coefficient (Wildman–Crippen LogP) is 7.85. The van der Waals surface area contributed by atoms with E-state index in [1.807, 2.05) is 63.2 Å². The van der Waals surface area contributed by atoms with Gasteiger partial charge in [-0.25, -0.2) is 8.78 Å². The number of hydrogen-bond donors (Lipinski definition) is 0. The molecule has 0 spiro atoms. The fraction of sp³-hybridized carbons (Fsp3) is 0.280. The van der Waals surface area contributed by atoms with E-state index in [4.69, 9.17) is 11.6 Å². The highest BCUT2D eigenvalue weighted by Gasteiger charge is 2.26. The summed E-state index contributed by atoms with van der Waals surface area (Å²) in [4.78, 5) is 0. The summed E-state index contributed by atoms with van der Waals surface area (Å²) in [6, 6.07) is 19.6. The Kier molecular flexibility index (Phi) is 5.90. The molecular formula is C25H25ClF2. The lowest BCUT2D eigenvalue weighted by Crippen LogP contribution is -2.20. The quantitative estimate of drug-likeness (QED) is 0.410. The first-order chi connectivity index (χ1) is 13.2. The monoisotopic (exact) mass is 398 g/mol. The number of rotatable bonds is 5. The molecule has 0 N–H and O–H groups in total. The van der Waals surface area contributed by atoms with Crippen molar-refractivity contribution in [1.82, 2.24) is 0 Å². The maximum atomic E-state index is 15.1. The summed E-state index contributed by atoms with van der Waals surface area (Å²) >= 11 is 6.33. The molecule has 3 heteroatoms. The van der Waals surface area contributed by atoms with E-state index in [1.54, 1.807) is 12.1 Å². The Balaban J connectivity index is 1.93. The molecule has 2 unspecified atom stereocenters. The maximum Gasteiger partial charge on any atom is 0.126 e. The van der Waals surface area contributed by atoms with Gasteiger partial charge < -0.3 is 0 Å². The second kappa shape index (κ2) is 8.05. The highest BCUT2D eigenvalue weighted by Crippen LogP contribution is 2.39. The van der Waals surface area contributed by atoms with Gasteiger partial charge in [-0.1, -0.05) is 81.8 Å². The van der Waals surface area contributed by atoms with Crippen LogP contribution in [0.5, 0.6) is 0 Å². The Bertz CT molecular complexity index is 978. The summed E-state index contributed by atoms with van der Waals surface area (Å²) in [7, 11) is 0. The van der Waals surface area contributed by atoms with Crippen LogP contribution in [0.15, 0.2) is 66.7 Å². The van der Waals surface area contributed by atoms with Crippen LogP contribution in [0.2, 0.25) is 5.02 Å². The van der Waals surface area contributed by atoms with E-state index >= 15 is 4.39 Å². The molecule has 0 bridgehead atoms. The summed E-state index contributed by atoms with van der Waals surface area (Å²) in [5.41, 5.74) is 2.81. The van der Waals surface area contributed by atoms with Crippen LogP contribution in [0.3, 0.4) is 0 Å². The van der Waals surface area contributed by atoms with Gasteiger partial charge in [0.2, 0.25) is 0 Å². The fourth-order valence-corrected chi connectivity index (χ4v) is 4.02. The van der Waals surface area contributed by atoms with Crippen LogP contribution in [0.25, 0.3) is 0 Å². The Morgan fingerprint density at radius 2 is 1.39 bits per heavy atom. The highest BCUT2D eigenvalue weighted by atomic mass is 35.5. The van der Waals surface area contributed by atoms with E-state index in [0.29, 0.717) is 10.6 Å². The van der Waals surface area contributed by atoms with Crippen LogP contribution in [0.4, 0.5) is 8.78 Å². The number of benzene rings is 3. The van der Waals surface area contributed by atoms with E-state index < -0.39 is 5.41 Å². The van der Waals surface area contributed by atoms with Crippen molar-refractivity contribution in [3.05, 3.63) is 106 Å². The summed E-state index contributed by atoms with van der Waals surface area (Å²) in [6.07, 6.45) is 0. The molecule has 0 saturated carbocycles. The molecule has 3 rings (SSSR count). The van der Waals surface area contributed by atoms with Crippen molar-refractivity contribution in [2.75, 3.05) is 0 Å². The minimum atomic E-state index is -0.501. The Labute approximate surface area is 171 Å². The smallest absolute Gasteiger partial charge is 0.126 e. The Hall–Kier alpha value is -2.19. The minimum absolute atomic E-state index is 0.0359. The molecule has 0 fully saturated rings. The second-order valence-corrected chi connectivity index (χ2v) is 8.38. The average molecular weight is 399 g/mol. The lowest BCUT2D eigenvalue weighted by Gasteiger charge is -2.28. The van der Waals surface area contributed by atoms with Gasteiger partial charge in [-0.3, -0.25) is 0 Å². The van der Waals surface area contributed by atoms with E-state index in [-0.39, 0.29) is 23.5 Å². The van der Waals surface area contributed by atoms with E-state index in [2.05, 4.69) is 6.92 Å². The van der Waals surface area contributed by atoms with Crippen LogP contribution < -0.4 is 0 Å². The molecule has 0 aliphatic carbocycles. The van der Waals surface area contributed by atoms with E-state index in [9.17, 15) is 4.39 Å². The molecular weight excluding hydrogens is 374 g/mol. The maximum absolute atomic E-state index is 15.1. The molecule has 0 aliphatic heterocycles. The second-order valence-electron chi connectivity index (χ2n) is 7.97. The molecule has 0 amide bonds. The Morgan fingerprint density at radius 1 is 0.750 bits per heavy atom. The van der Waals surface area contributed by atoms with Crippen molar-refractivity contribution >= 4 is 11.6 Å². The molecule has 0 radical (unpaired) electrons. The molecule has 0 saturated heterocycles. The normalized spacial score (nSPS) is 14.0. The van der Waals surface area contributed by atoms with Gasteiger partial charge in [0.05, 0.1) is 0 Å². The standard InChI is InChI=1S/C25H25ClF2/c1-16(21-10-5-6-11-23(21)26)17(2)22-13-12-19(15-24(22)28)25(3,4)18-8-7-9-20(27)14-18/h5-17H,1-4H3. The Morgan fingerprint density at radius 3 is 2.04 bits per heavy atom. The van der Waals surface area contributed by atoms with Gasteiger partial charge in [-0.2, -0.15) is 0 Å². The van der Waals surface area contributed by atoms with Gasteiger partial charge in [-0.05, 0) is 58.4 Å². The van der Waals surface area contributed by atoms with Gasteiger partial charge in [0.15, 0.2) is 0 Å². The van der Waals surface area contributed by atoms with Crippen molar-refractivity contribution in [2.45, 2.75) is 44.9 Å². The molecule has 3 aromatic carbocycles. The third-order valence-electron chi connectivity index (χ3n) is 5.90. The van der Waals surface area contributed by atoms with Gasteiger partial charge in [0, 0.05) is 10.4 Å². The van der Waals surface area contributed by atoms with Crippen molar-refractivity contribution in [1.29, 1.82) is 0 Å². The molecule has 0 heterocycles. The van der Waals surface area contributed by atoms with Gasteiger partial charge in [-0.15, -0.1) is 0 Å². The van der Waals surface area contributed by atoms with Gasteiger partial charge in [0.1, 0.15) is 11.6 Å². The zero-order chi connectivity index (χ0) is 20.5. The molecule has 0 aliphatic rings. The SMILES string of the molecule is CC(c1ccc(C(C)(C)c2cccc(F)c2)cc1F)C(C)c1ccccc1Cl. The van der Waals surface area contributed by atoms with E-state index in [0.717, 1.165) is 16.7 Å². The molecule has 0 aromatic heterocycles.